The summed E-state index contributed by atoms with van der Waals surface area (Å²) in [5, 5.41) is 12.1. The largest absolute Gasteiger partial charge is 0.395 e. The number of hydrogen-bond donors (Lipinski definition) is 2. The molecule has 122 valence electrons. The second kappa shape index (κ2) is 8.76. The fourth-order valence-corrected chi connectivity index (χ4v) is 2.79. The van der Waals surface area contributed by atoms with Crippen LogP contribution in [0, 0.1) is 5.92 Å². The predicted octanol–water partition coefficient (Wildman–Crippen LogP) is 2.18. The normalized spacial score (nSPS) is 17.0. The van der Waals surface area contributed by atoms with Crippen molar-refractivity contribution in [2.45, 2.75) is 25.3 Å². The van der Waals surface area contributed by atoms with Crippen molar-refractivity contribution in [1.29, 1.82) is 0 Å². The van der Waals surface area contributed by atoms with E-state index in [0.717, 1.165) is 38.0 Å². The lowest BCUT2D eigenvalue weighted by atomic mass is 9.89. The number of rotatable bonds is 6. The number of carbonyl (C=O) groups is 1. The van der Waals surface area contributed by atoms with Gasteiger partial charge in [-0.3, -0.25) is 0 Å². The average molecular weight is 306 g/mol. The molecule has 2 rings (SSSR count). The quantitative estimate of drug-likeness (QED) is 0.847. The molecule has 2 amide bonds. The lowest BCUT2D eigenvalue weighted by Gasteiger charge is -2.29. The Bertz CT molecular complexity index is 446. The van der Waals surface area contributed by atoms with Gasteiger partial charge in [0.05, 0.1) is 12.6 Å². The zero-order valence-electron chi connectivity index (χ0n) is 13.2. The maximum absolute atomic E-state index is 12.2. The van der Waals surface area contributed by atoms with Gasteiger partial charge in [-0.1, -0.05) is 30.3 Å². The number of aliphatic hydroxyl groups excluding tert-OH is 1. The molecule has 1 heterocycles. The average Bonchev–Trinajstić information content (AvgIpc) is 2.56. The summed E-state index contributed by atoms with van der Waals surface area (Å²) in [6.45, 7) is 1.93. The van der Waals surface area contributed by atoms with Crippen molar-refractivity contribution in [1.82, 2.24) is 10.2 Å². The molecule has 1 aromatic rings. The van der Waals surface area contributed by atoms with E-state index in [1.165, 1.54) is 4.90 Å². The van der Waals surface area contributed by atoms with E-state index in [1.54, 1.807) is 7.05 Å². The fraction of sp³-hybridized carbons (Fsp3) is 0.588. The lowest BCUT2D eigenvalue weighted by molar-refractivity contribution is 0.0606. The molecule has 1 aliphatic rings. The molecule has 1 fully saturated rings. The SMILES string of the molecule is CN(CCO)C(=O)NC(CC1CCOCC1)c1ccccc1. The highest BCUT2D eigenvalue weighted by molar-refractivity contribution is 5.74. The molecule has 0 aliphatic carbocycles. The Labute approximate surface area is 132 Å². The molecular weight excluding hydrogens is 280 g/mol. The van der Waals surface area contributed by atoms with Gasteiger partial charge in [-0.25, -0.2) is 4.79 Å². The Morgan fingerprint density at radius 3 is 2.68 bits per heavy atom. The first-order valence-corrected chi connectivity index (χ1v) is 7.96. The van der Waals surface area contributed by atoms with Crippen LogP contribution in [0.1, 0.15) is 30.9 Å². The lowest BCUT2D eigenvalue weighted by Crippen LogP contribution is -2.41. The van der Waals surface area contributed by atoms with Gasteiger partial charge in [-0.2, -0.15) is 0 Å². The van der Waals surface area contributed by atoms with Gasteiger partial charge in [0.2, 0.25) is 0 Å². The maximum Gasteiger partial charge on any atom is 0.317 e. The molecule has 5 heteroatoms. The topological polar surface area (TPSA) is 61.8 Å². The van der Waals surface area contributed by atoms with Crippen molar-refractivity contribution < 1.29 is 14.6 Å². The predicted molar refractivity (Wildman–Crippen MR) is 85.6 cm³/mol. The Balaban J connectivity index is 2.02. The molecule has 1 aromatic carbocycles. The molecule has 22 heavy (non-hydrogen) atoms. The Kier molecular flexibility index (Phi) is 6.68. The second-order valence-corrected chi connectivity index (χ2v) is 5.85. The van der Waals surface area contributed by atoms with Gasteiger partial charge in [0.25, 0.3) is 0 Å². The van der Waals surface area contributed by atoms with Crippen LogP contribution in [0.25, 0.3) is 0 Å². The van der Waals surface area contributed by atoms with Crippen molar-refractivity contribution in [3.05, 3.63) is 35.9 Å². The first kappa shape index (κ1) is 16.8. The third-order valence-corrected chi connectivity index (χ3v) is 4.19. The zero-order chi connectivity index (χ0) is 15.8. The van der Waals surface area contributed by atoms with Crippen molar-refractivity contribution in [3.8, 4) is 0 Å². The summed E-state index contributed by atoms with van der Waals surface area (Å²) in [6, 6.07) is 9.93. The van der Waals surface area contributed by atoms with Gasteiger partial charge in [-0.05, 0) is 30.7 Å². The molecular formula is C17H26N2O3. The molecule has 1 atom stereocenters. The van der Waals surface area contributed by atoms with E-state index >= 15 is 0 Å². The Morgan fingerprint density at radius 2 is 2.05 bits per heavy atom. The second-order valence-electron chi connectivity index (χ2n) is 5.85. The Hall–Kier alpha value is -1.59. The minimum absolute atomic E-state index is 0.00190. The standard InChI is InChI=1S/C17H26N2O3/c1-19(9-10-20)17(21)18-16(15-5-3-2-4-6-15)13-14-7-11-22-12-8-14/h2-6,14,16,20H,7-13H2,1H3,(H,18,21). The first-order valence-electron chi connectivity index (χ1n) is 7.96. The smallest absolute Gasteiger partial charge is 0.317 e. The number of ether oxygens (including phenoxy) is 1. The van der Waals surface area contributed by atoms with E-state index < -0.39 is 0 Å². The van der Waals surface area contributed by atoms with Gasteiger partial charge in [0.1, 0.15) is 0 Å². The first-order chi connectivity index (χ1) is 10.7. The molecule has 0 bridgehead atoms. The minimum Gasteiger partial charge on any atom is -0.395 e. The molecule has 1 unspecified atom stereocenters. The molecule has 5 nitrogen and oxygen atoms in total. The number of nitrogens with zero attached hydrogens (tertiary/aromatic N) is 1. The van der Waals surface area contributed by atoms with Crippen LogP contribution in [-0.4, -0.2) is 49.5 Å². The summed E-state index contributed by atoms with van der Waals surface area (Å²) in [5.74, 6) is 0.572. The molecule has 0 radical (unpaired) electrons. The summed E-state index contributed by atoms with van der Waals surface area (Å²) in [4.78, 5) is 13.8. The van der Waals surface area contributed by atoms with E-state index in [9.17, 15) is 4.79 Å². The number of aliphatic hydroxyl groups is 1. The number of hydrogen-bond acceptors (Lipinski definition) is 3. The van der Waals surface area contributed by atoms with E-state index in [4.69, 9.17) is 9.84 Å². The number of carbonyl (C=O) groups excluding carboxylic acids is 1. The van der Waals surface area contributed by atoms with Crippen molar-refractivity contribution >= 4 is 6.03 Å². The van der Waals surface area contributed by atoms with Crippen LogP contribution in [0.15, 0.2) is 30.3 Å². The third kappa shape index (κ3) is 5.00. The highest BCUT2D eigenvalue weighted by atomic mass is 16.5. The third-order valence-electron chi connectivity index (χ3n) is 4.19. The van der Waals surface area contributed by atoms with E-state index in [0.29, 0.717) is 12.5 Å². The van der Waals surface area contributed by atoms with Crippen LogP contribution in [-0.2, 0) is 4.74 Å². The highest BCUT2D eigenvalue weighted by Gasteiger charge is 2.23. The van der Waals surface area contributed by atoms with Crippen LogP contribution < -0.4 is 5.32 Å². The zero-order valence-corrected chi connectivity index (χ0v) is 13.2. The van der Waals surface area contributed by atoms with E-state index in [2.05, 4.69) is 17.4 Å². The molecule has 1 aliphatic heterocycles. The number of nitrogens with one attached hydrogen (secondary N) is 1. The van der Waals surface area contributed by atoms with Crippen molar-refractivity contribution in [2.24, 2.45) is 5.92 Å². The molecule has 0 saturated carbocycles. The molecule has 2 N–H and O–H groups in total. The number of amides is 2. The Morgan fingerprint density at radius 1 is 1.36 bits per heavy atom. The van der Waals surface area contributed by atoms with E-state index in [-0.39, 0.29) is 18.7 Å². The van der Waals surface area contributed by atoms with Crippen LogP contribution >= 0.6 is 0 Å². The summed E-state index contributed by atoms with van der Waals surface area (Å²) < 4.78 is 5.41. The maximum atomic E-state index is 12.2. The number of benzene rings is 1. The van der Waals surface area contributed by atoms with Gasteiger partial charge < -0.3 is 20.1 Å². The number of likely N-dealkylation sites (N-methyl/N-ethyl adjacent to an activating group) is 1. The van der Waals surface area contributed by atoms with Crippen molar-refractivity contribution in [3.63, 3.8) is 0 Å². The molecule has 0 spiro atoms. The van der Waals surface area contributed by atoms with Gasteiger partial charge in [-0.15, -0.1) is 0 Å². The van der Waals surface area contributed by atoms with Crippen LogP contribution in [0.3, 0.4) is 0 Å². The molecule has 0 aromatic heterocycles. The monoisotopic (exact) mass is 306 g/mol. The van der Waals surface area contributed by atoms with Gasteiger partial charge in [0, 0.05) is 26.8 Å². The fourth-order valence-electron chi connectivity index (χ4n) is 2.79. The molecule has 1 saturated heterocycles. The summed E-state index contributed by atoms with van der Waals surface area (Å²) in [6.07, 6.45) is 3.02. The van der Waals surface area contributed by atoms with Crippen LogP contribution in [0.4, 0.5) is 4.79 Å². The minimum atomic E-state index is -0.144. The van der Waals surface area contributed by atoms with Crippen molar-refractivity contribution in [2.75, 3.05) is 33.4 Å². The van der Waals surface area contributed by atoms with Crippen LogP contribution in [0.5, 0.6) is 0 Å². The highest BCUT2D eigenvalue weighted by Crippen LogP contribution is 2.27. The van der Waals surface area contributed by atoms with E-state index in [1.807, 2.05) is 18.2 Å². The summed E-state index contributed by atoms with van der Waals surface area (Å²) in [5.41, 5.74) is 1.12. The summed E-state index contributed by atoms with van der Waals surface area (Å²) in [7, 11) is 1.70. The van der Waals surface area contributed by atoms with Gasteiger partial charge in [0.15, 0.2) is 0 Å². The van der Waals surface area contributed by atoms with Gasteiger partial charge >= 0.3 is 6.03 Å². The number of urea groups is 1. The van der Waals surface area contributed by atoms with Crippen LogP contribution in [0.2, 0.25) is 0 Å². The summed E-state index contributed by atoms with van der Waals surface area (Å²) >= 11 is 0.